The summed E-state index contributed by atoms with van der Waals surface area (Å²) in [5.41, 5.74) is -2.04. The number of amides is 4. The first-order valence-corrected chi connectivity index (χ1v) is 28.0. The van der Waals surface area contributed by atoms with Crippen LogP contribution in [0, 0.1) is 11.8 Å². The summed E-state index contributed by atoms with van der Waals surface area (Å²) < 4.78 is 48.7. The molecule has 0 bridgehead atoms. The van der Waals surface area contributed by atoms with Crippen molar-refractivity contribution >= 4 is 63.9 Å². The fourth-order valence-corrected chi connectivity index (χ4v) is 11.0. The summed E-state index contributed by atoms with van der Waals surface area (Å²) in [6.07, 6.45) is 9.29. The Hall–Kier alpha value is -5.40. The first kappa shape index (κ1) is 56.8. The number of carbonyl (C=O) groups is 5. The number of hydrogen-bond acceptors (Lipinski definition) is 14. The van der Waals surface area contributed by atoms with Crippen molar-refractivity contribution in [2.75, 3.05) is 20.3 Å². The molecule has 0 unspecified atom stereocenters. The number of nitrogens with one attached hydrogen (secondary N) is 1. The van der Waals surface area contributed by atoms with Crippen LogP contribution in [0.4, 0.5) is 9.59 Å². The van der Waals surface area contributed by atoms with Gasteiger partial charge in [0.1, 0.15) is 52.5 Å². The van der Waals surface area contributed by atoms with Gasteiger partial charge in [-0.15, -0.1) is 0 Å². The second kappa shape index (κ2) is 23.7. The number of para-hydroxylation sites is 1. The lowest BCUT2D eigenvalue weighted by atomic mass is 9.82. The monoisotopic (exact) mass is 1110 g/mol. The SMILES string of the molecule is CCOC(=O)[C@@]12C[C@H]1/C=C\CCCCC[C@H](NC(=O)O[C@@H]1C[C@H]1CCCCCB1OC(C)(C)C(C)(C)O1)C(=O)N1C[C@H](Oc3nc4ccccc4c(OCc4ccc(OC)cc4)c3Br)C[C@H]1C(=O)N2C(=O)OC(C)(C)C. The molecule has 19 heteroatoms. The summed E-state index contributed by atoms with van der Waals surface area (Å²) >= 11 is 3.73. The molecule has 2 aromatic carbocycles. The lowest BCUT2D eigenvalue weighted by Gasteiger charge is -2.35. The highest BCUT2D eigenvalue weighted by Gasteiger charge is 2.69. The van der Waals surface area contributed by atoms with Gasteiger partial charge in [0.15, 0.2) is 5.54 Å². The molecule has 3 aliphatic heterocycles. The smallest absolute Gasteiger partial charge is 0.457 e. The number of carbonyl (C=O) groups excluding carboxylic acids is 5. The van der Waals surface area contributed by atoms with Gasteiger partial charge in [0.2, 0.25) is 11.8 Å². The maximum atomic E-state index is 15.6. The summed E-state index contributed by atoms with van der Waals surface area (Å²) in [4.78, 5) is 80.5. The van der Waals surface area contributed by atoms with Crippen LogP contribution in [0.1, 0.15) is 138 Å². The van der Waals surface area contributed by atoms with Crippen LogP contribution in [0.15, 0.2) is 65.2 Å². The number of halogens is 1. The number of rotatable bonds is 16. The number of nitrogens with zero attached hydrogens (tertiary/aromatic N) is 3. The number of esters is 1. The van der Waals surface area contributed by atoms with Crippen molar-refractivity contribution in [3.63, 3.8) is 0 Å². The number of alkyl carbamates (subject to hydrolysis) is 1. The highest BCUT2D eigenvalue weighted by Crippen LogP contribution is 2.52. The molecular formula is C57H76BBrN4O13. The van der Waals surface area contributed by atoms with Crippen LogP contribution < -0.4 is 19.5 Å². The first-order chi connectivity index (χ1) is 36.1. The minimum atomic E-state index is -1.73. The van der Waals surface area contributed by atoms with Gasteiger partial charge < -0.3 is 47.9 Å². The number of hydrogen-bond donors (Lipinski definition) is 1. The summed E-state index contributed by atoms with van der Waals surface area (Å²) in [6.45, 7) is 15.0. The number of fused-ring (bicyclic) bond motifs is 3. The van der Waals surface area contributed by atoms with Gasteiger partial charge in [0.05, 0.1) is 37.0 Å². The normalized spacial score (nSPS) is 26.6. The van der Waals surface area contributed by atoms with Crippen LogP contribution in [0.5, 0.6) is 17.4 Å². The first-order valence-electron chi connectivity index (χ1n) is 27.2. The Labute approximate surface area is 456 Å². The quantitative estimate of drug-likeness (QED) is 0.0468. The summed E-state index contributed by atoms with van der Waals surface area (Å²) in [5, 5.41) is 3.61. The van der Waals surface area contributed by atoms with Crippen molar-refractivity contribution in [1.82, 2.24) is 20.1 Å². The average molecular weight is 1120 g/mol. The van der Waals surface area contributed by atoms with Gasteiger partial charge in [-0.05, 0) is 152 Å². The minimum Gasteiger partial charge on any atom is -0.497 e. The standard InChI is InChI=1S/C57H76BBrN4O13/c1-10-70-51(66)57-33-38(57)22-16-12-11-13-17-25-43(61-52(67)73-45-31-37(45)21-15-14-20-30-58-75-55(5,6)56(7,8)76-58)49(64)62-34-40(32-44(62)50(65)63(57)53(68)74-54(2,3)4)72-48-46(59)47(41-23-18-19-24-42(41)60-48)71-35-36-26-28-39(69-9)29-27-36/h16,18-19,22-24,26-29,37-38,40,43-45H,10-15,17,20-21,25,30-35H2,1-9H3,(H,61,67)/b22-16-/t37-,38-,40-,43+,44+,45-,57-/m1/s1. The van der Waals surface area contributed by atoms with E-state index in [4.69, 9.17) is 42.7 Å². The predicted molar refractivity (Wildman–Crippen MR) is 289 cm³/mol. The molecule has 7 atom stereocenters. The zero-order valence-electron chi connectivity index (χ0n) is 45.7. The maximum Gasteiger partial charge on any atom is 0.457 e. The van der Waals surface area contributed by atoms with Gasteiger partial charge in [-0.2, -0.15) is 0 Å². The van der Waals surface area contributed by atoms with E-state index in [9.17, 15) is 14.4 Å². The van der Waals surface area contributed by atoms with Crippen LogP contribution in [0.25, 0.3) is 10.9 Å². The van der Waals surface area contributed by atoms with E-state index in [1.54, 1.807) is 34.8 Å². The molecule has 2 aliphatic carbocycles. The molecule has 0 radical (unpaired) electrons. The Morgan fingerprint density at radius 1 is 0.934 bits per heavy atom. The molecule has 1 N–H and O–H groups in total. The minimum absolute atomic E-state index is 0.00527. The molecule has 5 aliphatic rings. The number of imide groups is 1. The van der Waals surface area contributed by atoms with Crippen LogP contribution in [0.3, 0.4) is 0 Å². The predicted octanol–water partition coefficient (Wildman–Crippen LogP) is 10.7. The number of methoxy groups -OCH3 is 1. The van der Waals surface area contributed by atoms with Crippen LogP contribution >= 0.6 is 15.9 Å². The molecule has 8 rings (SSSR count). The van der Waals surface area contributed by atoms with Gasteiger partial charge >= 0.3 is 25.3 Å². The number of aromatic nitrogens is 1. The molecule has 4 amide bonds. The Morgan fingerprint density at radius 2 is 1.67 bits per heavy atom. The zero-order valence-corrected chi connectivity index (χ0v) is 47.2. The number of allylic oxidation sites excluding steroid dienone is 1. The Morgan fingerprint density at radius 3 is 2.38 bits per heavy atom. The van der Waals surface area contributed by atoms with Gasteiger partial charge in [-0.3, -0.25) is 9.59 Å². The van der Waals surface area contributed by atoms with Gasteiger partial charge in [-0.1, -0.05) is 68.5 Å². The molecule has 412 valence electrons. The van der Waals surface area contributed by atoms with Crippen LogP contribution in [0.2, 0.25) is 6.32 Å². The largest absolute Gasteiger partial charge is 0.497 e. The summed E-state index contributed by atoms with van der Waals surface area (Å²) in [5.74, 6) is -1.15. The topological polar surface area (TPSA) is 191 Å². The van der Waals surface area contributed by atoms with E-state index in [1.165, 1.54) is 4.90 Å². The molecule has 2 saturated carbocycles. The fraction of sp³-hybridized carbons (Fsp3) is 0.614. The van der Waals surface area contributed by atoms with E-state index in [0.29, 0.717) is 34.3 Å². The van der Waals surface area contributed by atoms with E-state index in [2.05, 4.69) is 48.9 Å². The van der Waals surface area contributed by atoms with Crippen molar-refractivity contribution < 1.29 is 61.7 Å². The lowest BCUT2D eigenvalue weighted by molar-refractivity contribution is -0.159. The number of unbranched alkanes of at least 4 members (excludes halogenated alkanes) is 2. The van der Waals surface area contributed by atoms with Crippen molar-refractivity contribution in [3.8, 4) is 17.4 Å². The van der Waals surface area contributed by atoms with Gasteiger partial charge in [0, 0.05) is 17.7 Å². The van der Waals surface area contributed by atoms with Crippen molar-refractivity contribution in [2.45, 2.75) is 192 Å². The maximum absolute atomic E-state index is 15.6. The van der Waals surface area contributed by atoms with Gasteiger partial charge in [-0.25, -0.2) is 24.3 Å². The van der Waals surface area contributed by atoms with Crippen molar-refractivity contribution in [1.29, 1.82) is 0 Å². The molecule has 17 nitrogen and oxygen atoms in total. The Kier molecular flexibility index (Phi) is 17.7. The Bertz CT molecular complexity index is 2610. The summed E-state index contributed by atoms with van der Waals surface area (Å²) in [6, 6.07) is 12.5. The van der Waals surface area contributed by atoms with Crippen molar-refractivity contribution in [3.05, 3.63) is 70.7 Å². The van der Waals surface area contributed by atoms with Gasteiger partial charge in [0.25, 0.3) is 5.91 Å². The molecule has 4 heterocycles. The lowest BCUT2D eigenvalue weighted by Crippen LogP contribution is -2.60. The third kappa shape index (κ3) is 13.1. The van der Waals surface area contributed by atoms with Crippen molar-refractivity contribution in [2.24, 2.45) is 11.8 Å². The zero-order chi connectivity index (χ0) is 54.6. The molecule has 76 heavy (non-hydrogen) atoms. The second-order valence-electron chi connectivity index (χ2n) is 22.8. The second-order valence-corrected chi connectivity index (χ2v) is 23.6. The van der Waals surface area contributed by atoms with Crippen LogP contribution in [-0.2, 0) is 44.5 Å². The highest BCUT2D eigenvalue weighted by atomic mass is 79.9. The van der Waals surface area contributed by atoms with E-state index >= 15 is 9.59 Å². The number of pyridine rings is 1. The Balaban J connectivity index is 1.04. The highest BCUT2D eigenvalue weighted by molar-refractivity contribution is 9.10. The average Bonchev–Trinajstić information content (AvgIpc) is 4.22. The molecule has 2 saturated heterocycles. The van der Waals surface area contributed by atoms with E-state index < -0.39 is 65.2 Å². The molecular weight excluding hydrogens is 1040 g/mol. The summed E-state index contributed by atoms with van der Waals surface area (Å²) in [7, 11) is 1.38. The molecule has 3 aromatic rings. The third-order valence-electron chi connectivity index (χ3n) is 15.5. The van der Waals surface area contributed by atoms with E-state index in [-0.39, 0.29) is 75.2 Å². The number of benzene rings is 2. The molecule has 0 spiro atoms. The fourth-order valence-electron chi connectivity index (χ4n) is 10.5. The molecule has 4 fully saturated rings. The van der Waals surface area contributed by atoms with E-state index in [1.807, 2.05) is 60.7 Å². The van der Waals surface area contributed by atoms with E-state index in [0.717, 1.165) is 67.1 Å². The molecule has 1 aromatic heterocycles. The number of ether oxygens (including phenoxy) is 6. The van der Waals surface area contributed by atoms with Crippen LogP contribution in [-0.4, -0.2) is 119 Å². The third-order valence-corrected chi connectivity index (χ3v) is 16.2.